The number of amides is 1. The number of nitrogens with one attached hydrogen (secondary N) is 1. The van der Waals surface area contributed by atoms with Gasteiger partial charge in [-0.1, -0.05) is 45.9 Å². The molecule has 0 saturated heterocycles. The first-order chi connectivity index (χ1) is 11.4. The molecule has 0 aliphatic carbocycles. The number of benzene rings is 1. The van der Waals surface area contributed by atoms with E-state index in [1.807, 2.05) is 24.3 Å². The van der Waals surface area contributed by atoms with Crippen molar-refractivity contribution in [1.82, 2.24) is 9.88 Å². The zero-order valence-corrected chi connectivity index (χ0v) is 14.8. The Balaban J connectivity index is 1.97. The van der Waals surface area contributed by atoms with Crippen LogP contribution in [0.1, 0.15) is 38.2 Å². The summed E-state index contributed by atoms with van der Waals surface area (Å²) in [6, 6.07) is 9.35. The summed E-state index contributed by atoms with van der Waals surface area (Å²) in [5.74, 6) is 0.0877. The molecule has 0 bridgehead atoms. The number of nitrogens with zero attached hydrogens (tertiary/aromatic N) is 1. The number of fused-ring (bicyclic) bond motifs is 1. The van der Waals surface area contributed by atoms with Gasteiger partial charge in [-0.15, -0.1) is 0 Å². The maximum atomic E-state index is 12.4. The Morgan fingerprint density at radius 1 is 1.08 bits per heavy atom. The Kier molecular flexibility index (Phi) is 6.01. The fraction of sp³-hybridized carbons (Fsp3) is 0.474. The smallest absolute Gasteiger partial charge is 0.355 e. The molecule has 0 unspecified atom stereocenters. The third-order valence-electron chi connectivity index (χ3n) is 3.60. The van der Waals surface area contributed by atoms with Crippen LogP contribution in [0.3, 0.4) is 0 Å². The van der Waals surface area contributed by atoms with Crippen molar-refractivity contribution in [3.63, 3.8) is 0 Å². The number of carbonyl (C=O) groups is 2. The lowest BCUT2D eigenvalue weighted by molar-refractivity contribution is -0.135. The number of aromatic nitrogens is 1. The molecule has 1 aromatic carbocycles. The molecule has 130 valence electrons. The molecule has 2 rings (SSSR count). The zero-order valence-electron chi connectivity index (χ0n) is 14.8. The van der Waals surface area contributed by atoms with E-state index in [-0.39, 0.29) is 12.5 Å². The van der Waals surface area contributed by atoms with Crippen molar-refractivity contribution in [2.24, 2.45) is 11.8 Å². The summed E-state index contributed by atoms with van der Waals surface area (Å²) < 4.78 is 5.20. The fourth-order valence-corrected chi connectivity index (χ4v) is 2.64. The van der Waals surface area contributed by atoms with Gasteiger partial charge in [0.15, 0.2) is 6.61 Å². The molecule has 1 heterocycles. The molecule has 0 radical (unpaired) electrons. The second-order valence-corrected chi connectivity index (χ2v) is 6.93. The molecule has 2 aromatic rings. The van der Waals surface area contributed by atoms with E-state index < -0.39 is 5.97 Å². The van der Waals surface area contributed by atoms with Gasteiger partial charge in [-0.2, -0.15) is 0 Å². The van der Waals surface area contributed by atoms with Crippen LogP contribution in [0.25, 0.3) is 10.9 Å². The van der Waals surface area contributed by atoms with Crippen molar-refractivity contribution in [2.45, 2.75) is 27.7 Å². The second-order valence-electron chi connectivity index (χ2n) is 6.93. The number of esters is 1. The number of carbonyl (C=O) groups excluding carboxylic acids is 2. The highest BCUT2D eigenvalue weighted by molar-refractivity contribution is 5.95. The molecular formula is C19H26N2O3. The molecule has 0 fully saturated rings. The van der Waals surface area contributed by atoms with E-state index >= 15 is 0 Å². The predicted molar refractivity (Wildman–Crippen MR) is 94.8 cm³/mol. The third kappa shape index (κ3) is 4.85. The van der Waals surface area contributed by atoms with Gasteiger partial charge in [0.25, 0.3) is 5.91 Å². The van der Waals surface area contributed by atoms with E-state index in [0.717, 1.165) is 10.9 Å². The SMILES string of the molecule is CC(C)CN(CC(C)C)C(=O)COC(=O)c1cc2ccccc2[nH]1. The number of para-hydroxylation sites is 1. The first-order valence-corrected chi connectivity index (χ1v) is 8.39. The van der Waals surface area contributed by atoms with Gasteiger partial charge in [0.2, 0.25) is 0 Å². The van der Waals surface area contributed by atoms with Crippen LogP contribution in [0.2, 0.25) is 0 Å². The Morgan fingerprint density at radius 2 is 1.71 bits per heavy atom. The number of H-pyrrole nitrogens is 1. The quantitative estimate of drug-likeness (QED) is 0.791. The van der Waals surface area contributed by atoms with Crippen LogP contribution in [-0.2, 0) is 9.53 Å². The Morgan fingerprint density at radius 3 is 2.29 bits per heavy atom. The lowest BCUT2D eigenvalue weighted by atomic mass is 10.1. The third-order valence-corrected chi connectivity index (χ3v) is 3.60. The summed E-state index contributed by atoms with van der Waals surface area (Å²) in [5.41, 5.74) is 1.24. The maximum Gasteiger partial charge on any atom is 0.355 e. The standard InChI is InChI=1S/C19H26N2O3/c1-13(2)10-21(11-14(3)4)18(22)12-24-19(23)17-9-15-7-5-6-8-16(15)20-17/h5-9,13-14,20H,10-12H2,1-4H3. The van der Waals surface area contributed by atoms with Crippen LogP contribution in [0, 0.1) is 11.8 Å². The molecule has 0 spiro atoms. The minimum atomic E-state index is -0.506. The summed E-state index contributed by atoms with van der Waals surface area (Å²) in [7, 11) is 0. The van der Waals surface area contributed by atoms with Crippen molar-refractivity contribution >= 4 is 22.8 Å². The van der Waals surface area contributed by atoms with Crippen molar-refractivity contribution in [3.8, 4) is 0 Å². The van der Waals surface area contributed by atoms with Crippen molar-refractivity contribution in [2.75, 3.05) is 19.7 Å². The number of aromatic amines is 1. The van der Waals surface area contributed by atoms with E-state index in [0.29, 0.717) is 30.6 Å². The summed E-state index contributed by atoms with van der Waals surface area (Å²) in [5, 5.41) is 0.942. The zero-order chi connectivity index (χ0) is 17.7. The molecule has 24 heavy (non-hydrogen) atoms. The predicted octanol–water partition coefficient (Wildman–Crippen LogP) is 3.47. The van der Waals surface area contributed by atoms with Crippen LogP contribution < -0.4 is 0 Å². The summed E-state index contributed by atoms with van der Waals surface area (Å²) in [6.45, 7) is 9.37. The van der Waals surface area contributed by atoms with Gasteiger partial charge in [-0.25, -0.2) is 4.79 Å². The Bertz CT molecular complexity index is 660. The summed E-state index contributed by atoms with van der Waals surface area (Å²) in [4.78, 5) is 29.3. The lowest BCUT2D eigenvalue weighted by Gasteiger charge is -2.26. The second kappa shape index (κ2) is 7.99. The number of hydrogen-bond donors (Lipinski definition) is 1. The highest BCUT2D eigenvalue weighted by Crippen LogP contribution is 2.15. The minimum Gasteiger partial charge on any atom is -0.451 e. The van der Waals surface area contributed by atoms with E-state index in [1.54, 1.807) is 11.0 Å². The van der Waals surface area contributed by atoms with Crippen molar-refractivity contribution in [3.05, 3.63) is 36.0 Å². The summed E-state index contributed by atoms with van der Waals surface area (Å²) in [6.07, 6.45) is 0. The van der Waals surface area contributed by atoms with Gasteiger partial charge < -0.3 is 14.6 Å². The molecule has 1 N–H and O–H groups in total. The van der Waals surface area contributed by atoms with E-state index in [1.165, 1.54) is 0 Å². The molecule has 5 nitrogen and oxygen atoms in total. The average Bonchev–Trinajstić information content (AvgIpc) is 2.94. The van der Waals surface area contributed by atoms with Gasteiger partial charge in [0, 0.05) is 24.0 Å². The summed E-state index contributed by atoms with van der Waals surface area (Å²) >= 11 is 0. The largest absolute Gasteiger partial charge is 0.451 e. The lowest BCUT2D eigenvalue weighted by Crippen LogP contribution is -2.39. The first kappa shape index (κ1) is 18.0. The number of ether oxygens (including phenoxy) is 1. The molecule has 0 aliphatic rings. The van der Waals surface area contributed by atoms with Crippen molar-refractivity contribution < 1.29 is 14.3 Å². The van der Waals surface area contributed by atoms with Gasteiger partial charge >= 0.3 is 5.97 Å². The first-order valence-electron chi connectivity index (χ1n) is 8.39. The molecule has 0 saturated carbocycles. The highest BCUT2D eigenvalue weighted by Gasteiger charge is 2.19. The molecular weight excluding hydrogens is 304 g/mol. The Hall–Kier alpha value is -2.30. The fourth-order valence-electron chi connectivity index (χ4n) is 2.64. The number of hydrogen-bond acceptors (Lipinski definition) is 3. The number of rotatable bonds is 7. The van der Waals surface area contributed by atoms with Crippen molar-refractivity contribution in [1.29, 1.82) is 0 Å². The van der Waals surface area contributed by atoms with Gasteiger partial charge in [0.05, 0.1) is 0 Å². The minimum absolute atomic E-state index is 0.151. The van der Waals surface area contributed by atoms with Crippen LogP contribution in [0.4, 0.5) is 0 Å². The molecule has 1 amide bonds. The van der Waals surface area contributed by atoms with Crippen LogP contribution in [-0.4, -0.2) is 41.5 Å². The van der Waals surface area contributed by atoms with Gasteiger partial charge in [-0.3, -0.25) is 4.79 Å². The van der Waals surface area contributed by atoms with Crippen LogP contribution in [0.15, 0.2) is 30.3 Å². The van der Waals surface area contributed by atoms with Gasteiger partial charge in [0.1, 0.15) is 5.69 Å². The monoisotopic (exact) mass is 330 g/mol. The molecule has 0 atom stereocenters. The molecule has 1 aromatic heterocycles. The van der Waals surface area contributed by atoms with Crippen LogP contribution >= 0.6 is 0 Å². The van der Waals surface area contributed by atoms with Gasteiger partial charge in [-0.05, 0) is 24.0 Å². The average molecular weight is 330 g/mol. The molecule has 5 heteroatoms. The molecule has 0 aliphatic heterocycles. The maximum absolute atomic E-state index is 12.4. The van der Waals surface area contributed by atoms with Crippen LogP contribution in [0.5, 0.6) is 0 Å². The van der Waals surface area contributed by atoms with E-state index in [4.69, 9.17) is 4.74 Å². The van der Waals surface area contributed by atoms with E-state index in [2.05, 4.69) is 32.7 Å². The normalized spacial score (nSPS) is 11.2. The topological polar surface area (TPSA) is 62.4 Å². The highest BCUT2D eigenvalue weighted by atomic mass is 16.5. The Labute approximate surface area is 143 Å². The van der Waals surface area contributed by atoms with E-state index in [9.17, 15) is 9.59 Å².